The van der Waals surface area contributed by atoms with E-state index >= 15 is 0 Å². The lowest BCUT2D eigenvalue weighted by molar-refractivity contribution is -0.385. The number of amides is 2. The molecule has 1 unspecified atom stereocenters. The van der Waals surface area contributed by atoms with Gasteiger partial charge in [-0.2, -0.15) is 0 Å². The topological polar surface area (TPSA) is 95.8 Å². The number of aryl methyl sites for hydroxylation is 1. The van der Waals surface area contributed by atoms with E-state index in [-0.39, 0.29) is 17.5 Å². The predicted molar refractivity (Wildman–Crippen MR) is 122 cm³/mol. The molecule has 168 valence electrons. The molecule has 2 fully saturated rings. The van der Waals surface area contributed by atoms with Crippen LogP contribution in [-0.2, 0) is 11.3 Å². The maximum atomic E-state index is 13.0. The van der Waals surface area contributed by atoms with Gasteiger partial charge in [0.1, 0.15) is 6.04 Å². The van der Waals surface area contributed by atoms with Crippen molar-refractivity contribution in [2.24, 2.45) is 0 Å². The second-order valence-corrected chi connectivity index (χ2v) is 8.49. The summed E-state index contributed by atoms with van der Waals surface area (Å²) in [7, 11) is 0. The summed E-state index contributed by atoms with van der Waals surface area (Å²) < 4.78 is 0. The number of hydrogen-bond acceptors (Lipinski definition) is 5. The van der Waals surface area contributed by atoms with Gasteiger partial charge in [-0.05, 0) is 62.4 Å². The molecule has 2 saturated heterocycles. The average Bonchev–Trinajstić information content (AvgIpc) is 3.49. The van der Waals surface area contributed by atoms with Gasteiger partial charge in [0.25, 0.3) is 11.6 Å². The number of carbonyl (C=O) groups is 2. The number of nitrogens with zero attached hydrogens (tertiary/aromatic N) is 3. The van der Waals surface area contributed by atoms with E-state index in [2.05, 4.69) is 22.3 Å². The number of nitrogens with one attached hydrogen (secondary N) is 1. The summed E-state index contributed by atoms with van der Waals surface area (Å²) in [6.45, 7) is 4.70. The van der Waals surface area contributed by atoms with Gasteiger partial charge < -0.3 is 15.1 Å². The molecule has 2 aromatic carbocycles. The Kier molecular flexibility index (Phi) is 6.39. The third-order valence-corrected chi connectivity index (χ3v) is 6.33. The van der Waals surface area contributed by atoms with Crippen LogP contribution in [0.5, 0.6) is 0 Å². The average molecular weight is 437 g/mol. The molecule has 0 bridgehead atoms. The maximum Gasteiger partial charge on any atom is 0.272 e. The number of hydrogen-bond donors (Lipinski definition) is 1. The summed E-state index contributed by atoms with van der Waals surface area (Å²) >= 11 is 0. The fraction of sp³-hybridized carbons (Fsp3) is 0.417. The molecule has 2 heterocycles. The fourth-order valence-corrected chi connectivity index (χ4v) is 4.55. The van der Waals surface area contributed by atoms with Gasteiger partial charge in [0.15, 0.2) is 0 Å². The Hall–Kier alpha value is -3.42. The highest BCUT2D eigenvalue weighted by Crippen LogP contribution is 2.24. The Morgan fingerprint density at radius 1 is 1.06 bits per heavy atom. The monoisotopic (exact) mass is 436 g/mol. The smallest absolute Gasteiger partial charge is 0.272 e. The third kappa shape index (κ3) is 4.59. The van der Waals surface area contributed by atoms with Gasteiger partial charge in [0.05, 0.1) is 4.92 Å². The first kappa shape index (κ1) is 21.8. The van der Waals surface area contributed by atoms with Crippen LogP contribution < -0.4 is 10.2 Å². The zero-order chi connectivity index (χ0) is 22.7. The first-order chi connectivity index (χ1) is 15.4. The molecule has 2 aromatic rings. The number of benzene rings is 2. The molecule has 2 amide bonds. The molecule has 4 rings (SSSR count). The molecule has 0 aliphatic carbocycles. The van der Waals surface area contributed by atoms with Gasteiger partial charge in [-0.25, -0.2) is 0 Å². The van der Waals surface area contributed by atoms with E-state index in [0.29, 0.717) is 30.6 Å². The highest BCUT2D eigenvalue weighted by atomic mass is 16.6. The van der Waals surface area contributed by atoms with Crippen molar-refractivity contribution in [2.75, 3.05) is 24.5 Å². The molecule has 1 atom stereocenters. The highest BCUT2D eigenvalue weighted by Gasteiger charge is 2.34. The maximum absolute atomic E-state index is 13.0. The van der Waals surface area contributed by atoms with E-state index in [4.69, 9.17) is 0 Å². The summed E-state index contributed by atoms with van der Waals surface area (Å²) in [5.74, 6) is -0.436. The van der Waals surface area contributed by atoms with Crippen LogP contribution in [0.25, 0.3) is 0 Å². The van der Waals surface area contributed by atoms with Crippen LogP contribution in [0.4, 0.5) is 11.4 Å². The molecular formula is C24H28N4O4. The van der Waals surface area contributed by atoms with Gasteiger partial charge in [-0.1, -0.05) is 12.1 Å². The van der Waals surface area contributed by atoms with Crippen LogP contribution in [0.1, 0.15) is 47.2 Å². The van der Waals surface area contributed by atoms with Crippen molar-refractivity contribution in [3.63, 3.8) is 0 Å². The van der Waals surface area contributed by atoms with E-state index in [1.54, 1.807) is 11.8 Å². The van der Waals surface area contributed by atoms with E-state index in [1.807, 2.05) is 12.1 Å². The molecule has 0 radical (unpaired) electrons. The minimum atomic E-state index is -0.526. The standard InChI is InChI=1S/C24H28N4O4/c1-17-15-19(8-11-21(17)28(31)32)24(30)27-14-4-5-22(27)23(29)25-16-18-6-9-20(10-7-18)26-12-2-3-13-26/h6-11,15,22H,2-5,12-14,16H2,1H3,(H,25,29). The summed E-state index contributed by atoms with van der Waals surface area (Å²) in [4.78, 5) is 40.4. The van der Waals surface area contributed by atoms with Gasteiger partial charge in [-0.15, -0.1) is 0 Å². The van der Waals surface area contributed by atoms with Gasteiger partial charge >= 0.3 is 0 Å². The molecule has 0 saturated carbocycles. The normalized spacial score (nSPS) is 18.1. The second-order valence-electron chi connectivity index (χ2n) is 8.49. The number of carbonyl (C=O) groups excluding carboxylic acids is 2. The Balaban J connectivity index is 1.37. The van der Waals surface area contributed by atoms with Gasteiger partial charge in [-0.3, -0.25) is 19.7 Å². The molecule has 8 heteroatoms. The van der Waals surface area contributed by atoms with E-state index in [0.717, 1.165) is 25.1 Å². The Morgan fingerprint density at radius 3 is 2.44 bits per heavy atom. The van der Waals surface area contributed by atoms with E-state index in [9.17, 15) is 19.7 Å². The van der Waals surface area contributed by atoms with Crippen LogP contribution in [0, 0.1) is 17.0 Å². The summed E-state index contributed by atoms with van der Waals surface area (Å²) in [6, 6.07) is 12.1. The molecule has 2 aliphatic heterocycles. The van der Waals surface area contributed by atoms with Crippen molar-refractivity contribution in [2.45, 2.75) is 45.2 Å². The minimum Gasteiger partial charge on any atom is -0.372 e. The lowest BCUT2D eigenvalue weighted by Crippen LogP contribution is -2.45. The minimum absolute atomic E-state index is 0.0204. The molecule has 1 N–H and O–H groups in total. The van der Waals surface area contributed by atoms with Crippen molar-refractivity contribution in [1.82, 2.24) is 10.2 Å². The molecule has 2 aliphatic rings. The second kappa shape index (κ2) is 9.38. The van der Waals surface area contributed by atoms with Crippen molar-refractivity contribution < 1.29 is 14.5 Å². The number of likely N-dealkylation sites (tertiary alicyclic amines) is 1. The van der Waals surface area contributed by atoms with Crippen molar-refractivity contribution in [1.29, 1.82) is 0 Å². The Bertz CT molecular complexity index is 1020. The number of nitro groups is 1. The summed E-state index contributed by atoms with van der Waals surface area (Å²) in [5, 5.41) is 14.0. The van der Waals surface area contributed by atoms with Crippen LogP contribution in [-0.4, -0.2) is 47.3 Å². The summed E-state index contributed by atoms with van der Waals surface area (Å²) in [6.07, 6.45) is 3.82. The first-order valence-electron chi connectivity index (χ1n) is 11.1. The highest BCUT2D eigenvalue weighted by molar-refractivity contribution is 5.98. The Labute approximate surface area is 187 Å². The number of nitro benzene ring substituents is 1. The van der Waals surface area contributed by atoms with E-state index < -0.39 is 11.0 Å². The lowest BCUT2D eigenvalue weighted by atomic mass is 10.1. The molecule has 0 spiro atoms. The van der Waals surface area contributed by atoms with Crippen LogP contribution in [0.3, 0.4) is 0 Å². The number of anilines is 1. The van der Waals surface area contributed by atoms with Crippen molar-refractivity contribution in [3.8, 4) is 0 Å². The first-order valence-corrected chi connectivity index (χ1v) is 11.1. The van der Waals surface area contributed by atoms with Gasteiger partial charge in [0, 0.05) is 49.1 Å². The van der Waals surface area contributed by atoms with Crippen molar-refractivity contribution in [3.05, 3.63) is 69.3 Å². The quantitative estimate of drug-likeness (QED) is 0.553. The third-order valence-electron chi connectivity index (χ3n) is 6.33. The van der Waals surface area contributed by atoms with Crippen LogP contribution in [0.15, 0.2) is 42.5 Å². The van der Waals surface area contributed by atoms with Crippen LogP contribution >= 0.6 is 0 Å². The predicted octanol–water partition coefficient (Wildman–Crippen LogP) is 3.42. The zero-order valence-electron chi connectivity index (χ0n) is 18.3. The molecule has 32 heavy (non-hydrogen) atoms. The molecule has 8 nitrogen and oxygen atoms in total. The molecular weight excluding hydrogens is 408 g/mol. The largest absolute Gasteiger partial charge is 0.372 e. The van der Waals surface area contributed by atoms with Crippen molar-refractivity contribution >= 4 is 23.2 Å². The fourth-order valence-electron chi connectivity index (χ4n) is 4.55. The van der Waals surface area contributed by atoms with Gasteiger partial charge in [0.2, 0.25) is 5.91 Å². The van der Waals surface area contributed by atoms with Crippen LogP contribution in [0.2, 0.25) is 0 Å². The SMILES string of the molecule is Cc1cc(C(=O)N2CCCC2C(=O)NCc2ccc(N3CCCC3)cc2)ccc1[N+](=O)[O-]. The zero-order valence-corrected chi connectivity index (χ0v) is 18.3. The lowest BCUT2D eigenvalue weighted by Gasteiger charge is -2.24. The number of rotatable bonds is 6. The Morgan fingerprint density at radius 2 is 1.78 bits per heavy atom. The summed E-state index contributed by atoms with van der Waals surface area (Å²) in [5.41, 5.74) is 3.00. The van der Waals surface area contributed by atoms with E-state index in [1.165, 1.54) is 36.7 Å². The molecule has 0 aromatic heterocycles.